The Morgan fingerprint density at radius 1 is 1.31 bits per heavy atom. The largest absolute Gasteiger partial charge is 0.478 e. The number of carbonyl (C=O) groups is 2. The molecular weight excluding hydrogens is 206 g/mol. The topological polar surface area (TPSA) is 66.4 Å². The number of carboxylic acids is 1. The van der Waals surface area contributed by atoms with E-state index in [4.69, 9.17) is 5.11 Å². The first-order valence-corrected chi connectivity index (χ1v) is 5.25. The molecule has 0 fully saturated rings. The molecule has 2 N–H and O–H groups in total. The molecule has 0 heterocycles. The molecule has 16 heavy (non-hydrogen) atoms. The number of anilines is 1. The fourth-order valence-corrected chi connectivity index (χ4v) is 1.49. The van der Waals surface area contributed by atoms with Gasteiger partial charge >= 0.3 is 5.97 Å². The predicted molar refractivity (Wildman–Crippen MR) is 61.7 cm³/mol. The van der Waals surface area contributed by atoms with Crippen molar-refractivity contribution in [2.75, 3.05) is 5.32 Å². The van der Waals surface area contributed by atoms with E-state index in [1.165, 1.54) is 0 Å². The van der Waals surface area contributed by atoms with Crippen molar-refractivity contribution in [3.63, 3.8) is 0 Å². The van der Waals surface area contributed by atoms with Crippen molar-refractivity contribution in [3.05, 3.63) is 29.3 Å². The van der Waals surface area contributed by atoms with E-state index in [1.54, 1.807) is 25.1 Å². The lowest BCUT2D eigenvalue weighted by molar-refractivity contribution is -0.115. The Morgan fingerprint density at radius 2 is 2.00 bits per heavy atom. The van der Waals surface area contributed by atoms with E-state index >= 15 is 0 Å². The lowest BCUT2D eigenvalue weighted by atomic mass is 10.0. The van der Waals surface area contributed by atoms with E-state index in [1.807, 2.05) is 6.92 Å². The number of carbonyl (C=O) groups excluding carboxylic acids is 1. The molecule has 0 aliphatic carbocycles. The van der Waals surface area contributed by atoms with E-state index in [0.717, 1.165) is 5.56 Å². The van der Waals surface area contributed by atoms with Crippen molar-refractivity contribution in [2.45, 2.75) is 26.7 Å². The maximum atomic E-state index is 11.3. The molecular formula is C12H15NO3. The molecule has 0 saturated carbocycles. The van der Waals surface area contributed by atoms with Crippen LogP contribution in [-0.4, -0.2) is 17.0 Å². The summed E-state index contributed by atoms with van der Waals surface area (Å²) < 4.78 is 0. The van der Waals surface area contributed by atoms with Gasteiger partial charge in [-0.3, -0.25) is 4.79 Å². The number of carboxylic acid groups (broad SMARTS) is 1. The molecule has 1 aromatic carbocycles. The van der Waals surface area contributed by atoms with Gasteiger partial charge in [0.15, 0.2) is 0 Å². The number of hydrogen-bond acceptors (Lipinski definition) is 2. The van der Waals surface area contributed by atoms with E-state index in [-0.39, 0.29) is 11.5 Å². The molecule has 86 valence electrons. The van der Waals surface area contributed by atoms with Gasteiger partial charge in [0.25, 0.3) is 0 Å². The number of nitrogens with one attached hydrogen (secondary N) is 1. The molecule has 1 amide bonds. The van der Waals surface area contributed by atoms with Crippen LogP contribution in [0, 0.1) is 0 Å². The zero-order valence-electron chi connectivity index (χ0n) is 9.41. The summed E-state index contributed by atoms with van der Waals surface area (Å²) >= 11 is 0. The van der Waals surface area contributed by atoms with Crippen LogP contribution in [0.2, 0.25) is 0 Å². The second-order valence-electron chi connectivity index (χ2n) is 3.40. The highest BCUT2D eigenvalue weighted by Gasteiger charge is 2.15. The predicted octanol–water partition coefficient (Wildman–Crippen LogP) is 2.30. The number of rotatable bonds is 4. The third kappa shape index (κ3) is 2.59. The molecule has 0 aromatic heterocycles. The van der Waals surface area contributed by atoms with Gasteiger partial charge in [-0.15, -0.1) is 0 Å². The normalized spacial score (nSPS) is 9.88. The maximum absolute atomic E-state index is 11.3. The first-order valence-electron chi connectivity index (χ1n) is 5.25. The molecule has 0 spiro atoms. The molecule has 0 unspecified atom stereocenters. The van der Waals surface area contributed by atoms with Gasteiger partial charge in [-0.25, -0.2) is 4.79 Å². The first-order chi connectivity index (χ1) is 7.60. The number of aryl methyl sites for hydroxylation is 1. The molecule has 4 heteroatoms. The zero-order valence-corrected chi connectivity index (χ0v) is 9.41. The van der Waals surface area contributed by atoms with Gasteiger partial charge in [0.2, 0.25) is 5.91 Å². The van der Waals surface area contributed by atoms with E-state index in [9.17, 15) is 9.59 Å². The molecule has 0 atom stereocenters. The van der Waals surface area contributed by atoms with Gasteiger partial charge in [-0.1, -0.05) is 26.0 Å². The van der Waals surface area contributed by atoms with Crippen LogP contribution in [0.15, 0.2) is 18.2 Å². The third-order valence-corrected chi connectivity index (χ3v) is 2.34. The van der Waals surface area contributed by atoms with Crippen LogP contribution in [0.5, 0.6) is 0 Å². The highest BCUT2D eigenvalue weighted by atomic mass is 16.4. The number of amides is 1. The second kappa shape index (κ2) is 5.30. The minimum absolute atomic E-state index is 0.184. The molecule has 0 radical (unpaired) electrons. The summed E-state index contributed by atoms with van der Waals surface area (Å²) in [5, 5.41) is 11.7. The highest BCUT2D eigenvalue weighted by Crippen LogP contribution is 2.20. The average molecular weight is 221 g/mol. The summed E-state index contributed by atoms with van der Waals surface area (Å²) in [6.45, 7) is 3.60. The molecule has 0 saturated heterocycles. The van der Waals surface area contributed by atoms with Gasteiger partial charge in [-0.05, 0) is 18.1 Å². The molecule has 4 nitrogen and oxygen atoms in total. The minimum atomic E-state index is -1.01. The number of aromatic carboxylic acids is 1. The zero-order chi connectivity index (χ0) is 12.1. The van der Waals surface area contributed by atoms with Gasteiger partial charge < -0.3 is 10.4 Å². The van der Waals surface area contributed by atoms with Gasteiger partial charge in [0, 0.05) is 6.42 Å². The second-order valence-corrected chi connectivity index (χ2v) is 3.40. The van der Waals surface area contributed by atoms with Gasteiger partial charge in [0.1, 0.15) is 0 Å². The van der Waals surface area contributed by atoms with Crippen molar-refractivity contribution < 1.29 is 14.7 Å². The van der Waals surface area contributed by atoms with E-state index in [0.29, 0.717) is 18.5 Å². The van der Waals surface area contributed by atoms with Crippen molar-refractivity contribution in [1.29, 1.82) is 0 Å². The Bertz CT molecular complexity index is 413. The molecule has 1 rings (SSSR count). The van der Waals surface area contributed by atoms with Crippen LogP contribution < -0.4 is 5.32 Å². The van der Waals surface area contributed by atoms with Crippen LogP contribution in [0.1, 0.15) is 36.2 Å². The Labute approximate surface area is 94.3 Å². The summed E-state index contributed by atoms with van der Waals surface area (Å²) in [5.74, 6) is -1.19. The van der Waals surface area contributed by atoms with Crippen LogP contribution in [0.4, 0.5) is 5.69 Å². The average Bonchev–Trinajstić information content (AvgIpc) is 2.28. The van der Waals surface area contributed by atoms with Crippen molar-refractivity contribution >= 4 is 17.6 Å². The van der Waals surface area contributed by atoms with Crippen LogP contribution >= 0.6 is 0 Å². The summed E-state index contributed by atoms with van der Waals surface area (Å²) in [6.07, 6.45) is 0.951. The highest BCUT2D eigenvalue weighted by molar-refractivity contribution is 6.01. The molecule has 0 aliphatic rings. The van der Waals surface area contributed by atoms with Crippen molar-refractivity contribution in [1.82, 2.24) is 0 Å². The molecule has 1 aromatic rings. The molecule has 0 aliphatic heterocycles. The summed E-state index contributed by atoms with van der Waals surface area (Å²) in [7, 11) is 0. The van der Waals surface area contributed by atoms with Crippen molar-refractivity contribution in [3.8, 4) is 0 Å². The third-order valence-electron chi connectivity index (χ3n) is 2.34. The first kappa shape index (κ1) is 12.2. The Morgan fingerprint density at radius 3 is 2.50 bits per heavy atom. The standard InChI is InChI=1S/C12H15NO3/c1-3-8-6-5-7-9(11(8)12(15)16)13-10(14)4-2/h5-7H,3-4H2,1-2H3,(H,13,14)(H,15,16). The number of benzene rings is 1. The monoisotopic (exact) mass is 221 g/mol. The Hall–Kier alpha value is -1.84. The quantitative estimate of drug-likeness (QED) is 0.819. The van der Waals surface area contributed by atoms with Crippen LogP contribution in [0.25, 0.3) is 0 Å². The summed E-state index contributed by atoms with van der Waals surface area (Å²) in [6, 6.07) is 5.11. The van der Waals surface area contributed by atoms with Gasteiger partial charge in [-0.2, -0.15) is 0 Å². The van der Waals surface area contributed by atoms with Gasteiger partial charge in [0.05, 0.1) is 11.3 Å². The smallest absolute Gasteiger partial charge is 0.338 e. The molecule has 0 bridgehead atoms. The van der Waals surface area contributed by atoms with Crippen LogP contribution in [0.3, 0.4) is 0 Å². The maximum Gasteiger partial charge on any atom is 0.338 e. The van der Waals surface area contributed by atoms with E-state index < -0.39 is 5.97 Å². The minimum Gasteiger partial charge on any atom is -0.478 e. The van der Waals surface area contributed by atoms with E-state index in [2.05, 4.69) is 5.32 Å². The summed E-state index contributed by atoms with van der Waals surface area (Å²) in [4.78, 5) is 22.4. The lowest BCUT2D eigenvalue weighted by Gasteiger charge is -2.10. The summed E-state index contributed by atoms with van der Waals surface area (Å²) in [5.41, 5.74) is 1.28. The number of hydrogen-bond donors (Lipinski definition) is 2. The van der Waals surface area contributed by atoms with Crippen LogP contribution in [-0.2, 0) is 11.2 Å². The Balaban J connectivity index is 3.17. The fraction of sp³-hybridized carbons (Fsp3) is 0.333. The lowest BCUT2D eigenvalue weighted by Crippen LogP contribution is -2.14. The fourth-order valence-electron chi connectivity index (χ4n) is 1.49. The van der Waals surface area contributed by atoms with Crippen molar-refractivity contribution in [2.24, 2.45) is 0 Å². The SMILES string of the molecule is CCC(=O)Nc1cccc(CC)c1C(=O)O. The Kier molecular flexibility index (Phi) is 4.05.